The largest absolute Gasteiger partial charge is 0.494 e. The van der Waals surface area contributed by atoms with Crippen LogP contribution in [0.1, 0.15) is 12.0 Å². The second-order valence-electron chi connectivity index (χ2n) is 5.20. The van der Waals surface area contributed by atoms with Gasteiger partial charge in [-0.1, -0.05) is 12.1 Å². The van der Waals surface area contributed by atoms with Crippen molar-refractivity contribution in [2.24, 2.45) is 10.9 Å². The maximum Gasteiger partial charge on any atom is 0.119 e. The van der Waals surface area contributed by atoms with Crippen LogP contribution in [0.15, 0.2) is 29.4 Å². The highest BCUT2D eigenvalue weighted by atomic mass is 16.5. The minimum absolute atomic E-state index is 0.746. The molecular weight excluding hydrogens is 252 g/mol. The normalized spacial score (nSPS) is 17.6. The van der Waals surface area contributed by atoms with Crippen LogP contribution in [0.3, 0.4) is 0 Å². The van der Waals surface area contributed by atoms with Crippen molar-refractivity contribution in [3.05, 3.63) is 29.8 Å². The van der Waals surface area contributed by atoms with Gasteiger partial charge in [-0.2, -0.15) is 5.10 Å². The second-order valence-corrected chi connectivity index (χ2v) is 5.20. The summed E-state index contributed by atoms with van der Waals surface area (Å²) in [5, 5.41) is 3.52. The van der Waals surface area contributed by atoms with E-state index in [-0.39, 0.29) is 0 Å². The number of piperazine rings is 1. The Bertz CT molecular complexity index is 428. The molecule has 1 aromatic rings. The van der Waals surface area contributed by atoms with Gasteiger partial charge in [0.05, 0.1) is 12.8 Å². The Balaban J connectivity index is 1.67. The minimum Gasteiger partial charge on any atom is -0.494 e. The van der Waals surface area contributed by atoms with E-state index in [1.165, 1.54) is 26.2 Å². The van der Waals surface area contributed by atoms with E-state index in [1.54, 1.807) is 6.21 Å². The molecule has 0 spiro atoms. The van der Waals surface area contributed by atoms with Crippen LogP contribution >= 0.6 is 0 Å². The third-order valence-electron chi connectivity index (χ3n) is 3.57. The molecule has 1 aliphatic heterocycles. The van der Waals surface area contributed by atoms with E-state index < -0.39 is 0 Å². The van der Waals surface area contributed by atoms with Crippen LogP contribution < -0.4 is 10.6 Å². The number of hydrogen-bond acceptors (Lipinski definition) is 5. The lowest BCUT2D eigenvalue weighted by atomic mass is 10.2. The third kappa shape index (κ3) is 4.83. The molecule has 0 bridgehead atoms. The van der Waals surface area contributed by atoms with E-state index in [4.69, 9.17) is 10.6 Å². The predicted octanol–water partition coefficient (Wildman–Crippen LogP) is 0.995. The summed E-state index contributed by atoms with van der Waals surface area (Å²) in [6, 6.07) is 7.82. The van der Waals surface area contributed by atoms with Gasteiger partial charge in [-0.25, -0.2) is 0 Å². The van der Waals surface area contributed by atoms with Crippen molar-refractivity contribution in [1.82, 2.24) is 9.80 Å². The molecule has 2 N–H and O–H groups in total. The molecule has 20 heavy (non-hydrogen) atoms. The molecule has 1 saturated heterocycles. The summed E-state index contributed by atoms with van der Waals surface area (Å²) in [5.41, 5.74) is 0.962. The molecule has 0 atom stereocenters. The van der Waals surface area contributed by atoms with E-state index >= 15 is 0 Å². The van der Waals surface area contributed by atoms with Crippen molar-refractivity contribution in [3.8, 4) is 5.75 Å². The van der Waals surface area contributed by atoms with Crippen molar-refractivity contribution in [2.45, 2.75) is 6.42 Å². The molecule has 5 nitrogen and oxygen atoms in total. The fourth-order valence-corrected chi connectivity index (χ4v) is 2.32. The van der Waals surface area contributed by atoms with Gasteiger partial charge in [-0.05, 0) is 31.2 Å². The fourth-order valence-electron chi connectivity index (χ4n) is 2.32. The predicted molar refractivity (Wildman–Crippen MR) is 82.3 cm³/mol. The zero-order valence-corrected chi connectivity index (χ0v) is 12.2. The van der Waals surface area contributed by atoms with Gasteiger partial charge < -0.3 is 20.4 Å². The number of rotatable bonds is 6. The molecule has 0 saturated carbocycles. The second kappa shape index (κ2) is 7.87. The molecule has 1 aliphatic rings. The highest BCUT2D eigenvalue weighted by Crippen LogP contribution is 2.12. The van der Waals surface area contributed by atoms with Gasteiger partial charge in [0.15, 0.2) is 0 Å². The highest BCUT2D eigenvalue weighted by Gasteiger charge is 2.12. The van der Waals surface area contributed by atoms with Crippen molar-refractivity contribution in [2.75, 3.05) is 46.4 Å². The fraction of sp³-hybridized carbons (Fsp3) is 0.533. The first-order chi connectivity index (χ1) is 9.78. The lowest BCUT2D eigenvalue weighted by Gasteiger charge is -2.32. The summed E-state index contributed by atoms with van der Waals surface area (Å²) in [4.78, 5) is 4.87. The van der Waals surface area contributed by atoms with Crippen LogP contribution in [0, 0.1) is 0 Å². The number of hydrogen-bond donors (Lipinski definition) is 1. The molecular formula is C15H24N4O. The van der Waals surface area contributed by atoms with Gasteiger partial charge in [0.2, 0.25) is 0 Å². The molecule has 2 rings (SSSR count). The Kier molecular flexibility index (Phi) is 5.83. The van der Waals surface area contributed by atoms with E-state index in [2.05, 4.69) is 21.9 Å². The van der Waals surface area contributed by atoms with Gasteiger partial charge in [0.25, 0.3) is 0 Å². The molecule has 0 amide bonds. The molecule has 1 fully saturated rings. The summed E-state index contributed by atoms with van der Waals surface area (Å²) >= 11 is 0. The molecule has 110 valence electrons. The zero-order chi connectivity index (χ0) is 14.2. The molecule has 5 heteroatoms. The topological polar surface area (TPSA) is 54.1 Å². The molecule has 1 heterocycles. The Morgan fingerprint density at radius 3 is 2.85 bits per heavy atom. The van der Waals surface area contributed by atoms with E-state index in [9.17, 15) is 0 Å². The third-order valence-corrected chi connectivity index (χ3v) is 3.57. The first kappa shape index (κ1) is 14.8. The Labute approximate surface area is 121 Å². The Morgan fingerprint density at radius 1 is 1.30 bits per heavy atom. The number of hydrazone groups is 1. The Morgan fingerprint density at radius 2 is 2.10 bits per heavy atom. The van der Waals surface area contributed by atoms with Gasteiger partial charge in [0, 0.05) is 32.7 Å². The van der Waals surface area contributed by atoms with Crippen molar-refractivity contribution in [3.63, 3.8) is 0 Å². The average Bonchev–Trinajstić information content (AvgIpc) is 2.46. The van der Waals surface area contributed by atoms with Crippen LogP contribution in [0.4, 0.5) is 0 Å². The monoisotopic (exact) mass is 276 g/mol. The molecule has 0 aliphatic carbocycles. The van der Waals surface area contributed by atoms with Crippen LogP contribution in [0.25, 0.3) is 0 Å². The van der Waals surface area contributed by atoms with E-state index in [1.807, 2.05) is 24.3 Å². The van der Waals surface area contributed by atoms with Crippen molar-refractivity contribution >= 4 is 6.21 Å². The van der Waals surface area contributed by atoms with Gasteiger partial charge in [0.1, 0.15) is 5.75 Å². The summed E-state index contributed by atoms with van der Waals surface area (Å²) in [7, 11) is 2.18. The maximum absolute atomic E-state index is 5.77. The molecule has 0 aromatic heterocycles. The number of nitrogens with two attached hydrogens (primary N) is 1. The maximum atomic E-state index is 5.77. The van der Waals surface area contributed by atoms with Crippen LogP contribution in [0.5, 0.6) is 5.75 Å². The van der Waals surface area contributed by atoms with Crippen molar-refractivity contribution in [1.29, 1.82) is 0 Å². The molecule has 1 aromatic carbocycles. The summed E-state index contributed by atoms with van der Waals surface area (Å²) in [6.07, 6.45) is 2.68. The average molecular weight is 276 g/mol. The van der Waals surface area contributed by atoms with Gasteiger partial charge in [-0.3, -0.25) is 0 Å². The Hall–Kier alpha value is -1.59. The number of benzene rings is 1. The zero-order valence-electron chi connectivity index (χ0n) is 12.2. The van der Waals surface area contributed by atoms with Gasteiger partial charge in [-0.15, -0.1) is 0 Å². The minimum atomic E-state index is 0.746. The standard InChI is InChI=1S/C15H24N4O/c1-18-7-9-19(10-8-18)6-3-11-20-15-5-2-4-14(12-15)13-17-16/h2,4-5,12-13H,3,6-11,16H2,1H3. The van der Waals surface area contributed by atoms with Crippen molar-refractivity contribution < 1.29 is 4.74 Å². The quantitative estimate of drug-likeness (QED) is 0.364. The summed E-state index contributed by atoms with van der Waals surface area (Å²) < 4.78 is 5.77. The molecule has 0 unspecified atom stereocenters. The first-order valence-corrected chi connectivity index (χ1v) is 7.15. The summed E-state index contributed by atoms with van der Waals surface area (Å²) in [6.45, 7) is 6.52. The van der Waals surface area contributed by atoms with E-state index in [0.717, 1.165) is 30.9 Å². The van der Waals surface area contributed by atoms with Gasteiger partial charge >= 0.3 is 0 Å². The van der Waals surface area contributed by atoms with Crippen LogP contribution in [-0.2, 0) is 0 Å². The lowest BCUT2D eigenvalue weighted by Crippen LogP contribution is -2.44. The summed E-state index contributed by atoms with van der Waals surface area (Å²) in [5.74, 6) is 6.02. The lowest BCUT2D eigenvalue weighted by molar-refractivity contribution is 0.145. The number of ether oxygens (including phenoxy) is 1. The smallest absolute Gasteiger partial charge is 0.119 e. The number of nitrogens with zero attached hydrogens (tertiary/aromatic N) is 3. The van der Waals surface area contributed by atoms with Crippen LogP contribution in [0.2, 0.25) is 0 Å². The first-order valence-electron chi connectivity index (χ1n) is 7.15. The highest BCUT2D eigenvalue weighted by molar-refractivity contribution is 5.79. The van der Waals surface area contributed by atoms with E-state index in [0.29, 0.717) is 0 Å². The number of likely N-dealkylation sites (N-methyl/N-ethyl adjacent to an activating group) is 1. The molecule has 0 radical (unpaired) electrons. The van der Waals surface area contributed by atoms with Crippen LogP contribution in [-0.4, -0.2) is 62.4 Å². The SMILES string of the molecule is CN1CCN(CCCOc2cccc(C=NN)c2)CC1.